The SMILES string of the molecule is C[Si](C)(C)OC(=O)CCCCCCCCCCCCCCCCC(=O)O[Si](C)(C)C. The first-order valence-corrected chi connectivity index (χ1v) is 19.2. The first-order valence-electron chi connectivity index (χ1n) is 12.4. The number of hydrogen-bond donors (Lipinski definition) is 0. The zero-order valence-corrected chi connectivity index (χ0v) is 22.9. The van der Waals surface area contributed by atoms with E-state index in [0.717, 1.165) is 25.7 Å². The number of rotatable bonds is 19. The smallest absolute Gasteiger partial charge is 0.292 e. The molecule has 0 saturated carbocycles. The molecule has 0 heterocycles. The Morgan fingerprint density at radius 2 is 0.633 bits per heavy atom. The van der Waals surface area contributed by atoms with Crippen molar-refractivity contribution in [1.82, 2.24) is 0 Å². The lowest BCUT2D eigenvalue weighted by Crippen LogP contribution is -2.28. The van der Waals surface area contributed by atoms with Crippen molar-refractivity contribution >= 4 is 28.6 Å². The molecule has 0 fully saturated rings. The van der Waals surface area contributed by atoms with Gasteiger partial charge in [-0.25, -0.2) is 0 Å². The molecular formula is C24H50O4Si2. The van der Waals surface area contributed by atoms with E-state index >= 15 is 0 Å². The van der Waals surface area contributed by atoms with Crippen molar-refractivity contribution in [2.75, 3.05) is 0 Å². The maximum atomic E-state index is 11.7. The Hall–Kier alpha value is -0.626. The van der Waals surface area contributed by atoms with Crippen molar-refractivity contribution in [3.8, 4) is 0 Å². The molecule has 0 atom stereocenters. The first kappa shape index (κ1) is 29.4. The van der Waals surface area contributed by atoms with Gasteiger partial charge in [-0.3, -0.25) is 9.59 Å². The van der Waals surface area contributed by atoms with E-state index in [0.29, 0.717) is 12.8 Å². The fraction of sp³-hybridized carbons (Fsp3) is 0.917. The molecular weight excluding hydrogens is 408 g/mol. The van der Waals surface area contributed by atoms with E-state index in [1.165, 1.54) is 64.2 Å². The second-order valence-electron chi connectivity index (χ2n) is 10.6. The molecule has 0 amide bonds. The second kappa shape index (κ2) is 17.0. The van der Waals surface area contributed by atoms with E-state index < -0.39 is 16.6 Å². The predicted molar refractivity (Wildman–Crippen MR) is 133 cm³/mol. The Labute approximate surface area is 189 Å². The Morgan fingerprint density at radius 1 is 0.433 bits per heavy atom. The van der Waals surface area contributed by atoms with Crippen molar-refractivity contribution in [2.24, 2.45) is 0 Å². The van der Waals surface area contributed by atoms with E-state index in [9.17, 15) is 9.59 Å². The molecule has 0 saturated heterocycles. The monoisotopic (exact) mass is 458 g/mol. The minimum atomic E-state index is -1.71. The Morgan fingerprint density at radius 3 is 0.833 bits per heavy atom. The third kappa shape index (κ3) is 23.7. The number of hydrogen-bond acceptors (Lipinski definition) is 4. The summed E-state index contributed by atoms with van der Waals surface area (Å²) in [5.41, 5.74) is 0. The van der Waals surface area contributed by atoms with Gasteiger partial charge in [-0.15, -0.1) is 0 Å². The summed E-state index contributed by atoms with van der Waals surface area (Å²) in [6, 6.07) is 0. The van der Waals surface area contributed by atoms with E-state index in [1.807, 2.05) is 0 Å². The van der Waals surface area contributed by atoms with Gasteiger partial charge in [0.1, 0.15) is 0 Å². The lowest BCUT2D eigenvalue weighted by Gasteiger charge is -2.17. The molecule has 0 aromatic heterocycles. The number of unbranched alkanes of at least 4 members (excludes halogenated alkanes) is 13. The minimum Gasteiger partial charge on any atom is -0.520 e. The van der Waals surface area contributed by atoms with Crippen LogP contribution < -0.4 is 0 Å². The fourth-order valence-electron chi connectivity index (χ4n) is 3.45. The van der Waals surface area contributed by atoms with Crippen LogP contribution in [0.25, 0.3) is 0 Å². The van der Waals surface area contributed by atoms with Crippen LogP contribution in [0.5, 0.6) is 0 Å². The van der Waals surface area contributed by atoms with Gasteiger partial charge in [0.2, 0.25) is 16.6 Å². The lowest BCUT2D eigenvalue weighted by molar-refractivity contribution is -0.136. The zero-order valence-electron chi connectivity index (χ0n) is 20.9. The van der Waals surface area contributed by atoms with Crippen LogP contribution in [0.4, 0.5) is 0 Å². The van der Waals surface area contributed by atoms with E-state index in [1.54, 1.807) is 0 Å². The van der Waals surface area contributed by atoms with Crippen molar-refractivity contribution in [3.63, 3.8) is 0 Å². The summed E-state index contributed by atoms with van der Waals surface area (Å²) in [6.45, 7) is 12.3. The highest BCUT2D eigenvalue weighted by Gasteiger charge is 2.20. The molecule has 0 unspecified atom stereocenters. The van der Waals surface area contributed by atoms with Gasteiger partial charge in [0.05, 0.1) is 0 Å². The summed E-state index contributed by atoms with van der Waals surface area (Å²) in [6.07, 6.45) is 18.5. The molecule has 0 aliphatic rings. The van der Waals surface area contributed by atoms with Crippen molar-refractivity contribution in [3.05, 3.63) is 0 Å². The molecule has 0 aliphatic heterocycles. The van der Waals surface area contributed by atoms with Gasteiger partial charge >= 0.3 is 0 Å². The summed E-state index contributed by atoms with van der Waals surface area (Å²) in [7, 11) is -3.41. The topological polar surface area (TPSA) is 52.6 Å². The van der Waals surface area contributed by atoms with Crippen molar-refractivity contribution in [1.29, 1.82) is 0 Å². The number of carbonyl (C=O) groups excluding carboxylic acids is 2. The third-order valence-corrected chi connectivity index (χ3v) is 6.53. The predicted octanol–water partition coefficient (Wildman–Crippen LogP) is 7.98. The van der Waals surface area contributed by atoms with Gasteiger partial charge in [0.25, 0.3) is 11.9 Å². The fourth-order valence-corrected chi connectivity index (χ4v) is 5.02. The highest BCUT2D eigenvalue weighted by atomic mass is 28.4. The average Bonchev–Trinajstić information content (AvgIpc) is 2.58. The van der Waals surface area contributed by atoms with Gasteiger partial charge < -0.3 is 8.85 Å². The maximum absolute atomic E-state index is 11.7. The summed E-state index contributed by atoms with van der Waals surface area (Å²) in [4.78, 5) is 23.3. The van der Waals surface area contributed by atoms with Crippen LogP contribution in [-0.2, 0) is 18.4 Å². The average molecular weight is 459 g/mol. The number of carbonyl (C=O) groups is 2. The maximum Gasteiger partial charge on any atom is 0.292 e. The molecule has 0 N–H and O–H groups in total. The van der Waals surface area contributed by atoms with Crippen LogP contribution in [0.15, 0.2) is 0 Å². The van der Waals surface area contributed by atoms with Crippen LogP contribution in [0.3, 0.4) is 0 Å². The van der Waals surface area contributed by atoms with Crippen LogP contribution in [0.2, 0.25) is 39.3 Å². The second-order valence-corrected chi connectivity index (χ2v) is 19.5. The summed E-state index contributed by atoms with van der Waals surface area (Å²) >= 11 is 0. The molecule has 0 spiro atoms. The standard InChI is InChI=1S/C24H50O4Si2/c1-29(2,3)27-23(25)21-19-17-15-13-11-9-7-8-10-12-14-16-18-20-22-24(26)28-30(4,5)6/h7-22H2,1-6H3. The van der Waals surface area contributed by atoms with E-state index in [-0.39, 0.29) is 11.9 Å². The Bertz CT molecular complexity index is 411. The van der Waals surface area contributed by atoms with Gasteiger partial charge in [0.15, 0.2) is 0 Å². The highest BCUT2D eigenvalue weighted by Crippen LogP contribution is 2.15. The summed E-state index contributed by atoms with van der Waals surface area (Å²) in [5.74, 6) is -0.00239. The van der Waals surface area contributed by atoms with Gasteiger partial charge in [-0.05, 0) is 52.1 Å². The normalized spacial score (nSPS) is 12.1. The third-order valence-electron chi connectivity index (χ3n) is 4.85. The van der Waals surface area contributed by atoms with E-state index in [2.05, 4.69) is 39.3 Å². The van der Waals surface area contributed by atoms with Gasteiger partial charge in [-0.2, -0.15) is 0 Å². The summed E-state index contributed by atoms with van der Waals surface area (Å²) < 4.78 is 10.9. The largest absolute Gasteiger partial charge is 0.520 e. The molecule has 0 bridgehead atoms. The first-order chi connectivity index (χ1) is 14.0. The van der Waals surface area contributed by atoms with Gasteiger partial charge in [0, 0.05) is 12.8 Å². The molecule has 0 rings (SSSR count). The molecule has 4 nitrogen and oxygen atoms in total. The highest BCUT2D eigenvalue weighted by molar-refractivity contribution is 6.71. The van der Waals surface area contributed by atoms with Crippen LogP contribution in [0.1, 0.15) is 103 Å². The molecule has 178 valence electrons. The zero-order chi connectivity index (χ0) is 22.9. The van der Waals surface area contributed by atoms with E-state index in [4.69, 9.17) is 8.85 Å². The van der Waals surface area contributed by atoms with Crippen molar-refractivity contribution in [2.45, 2.75) is 142 Å². The minimum absolute atomic E-state index is 0.00120. The molecule has 6 heteroatoms. The van der Waals surface area contributed by atoms with Crippen molar-refractivity contribution < 1.29 is 18.4 Å². The summed E-state index contributed by atoms with van der Waals surface area (Å²) in [5, 5.41) is 0. The van der Waals surface area contributed by atoms with Crippen LogP contribution in [0, 0.1) is 0 Å². The quantitative estimate of drug-likeness (QED) is 0.145. The van der Waals surface area contributed by atoms with Crippen LogP contribution >= 0.6 is 0 Å². The Kier molecular flexibility index (Phi) is 16.6. The molecule has 0 aliphatic carbocycles. The van der Waals surface area contributed by atoms with Crippen LogP contribution in [-0.4, -0.2) is 28.6 Å². The molecule has 0 aromatic rings. The molecule has 0 aromatic carbocycles. The Balaban J connectivity index is 3.25. The lowest BCUT2D eigenvalue weighted by atomic mass is 10.0. The molecule has 0 radical (unpaired) electrons. The van der Waals surface area contributed by atoms with Gasteiger partial charge in [-0.1, -0.05) is 77.0 Å². The molecule has 30 heavy (non-hydrogen) atoms.